The highest BCUT2D eigenvalue weighted by atomic mass is 19.1. The molecule has 1 aromatic rings. The molecule has 0 bridgehead atoms. The zero-order chi connectivity index (χ0) is 16.0. The Kier molecular flexibility index (Phi) is 6.67. The van der Waals surface area contributed by atoms with Crippen LogP contribution in [0.3, 0.4) is 0 Å². The van der Waals surface area contributed by atoms with Crippen molar-refractivity contribution in [3.8, 4) is 0 Å². The van der Waals surface area contributed by atoms with Crippen molar-refractivity contribution in [1.82, 2.24) is 0 Å². The monoisotopic (exact) mass is 289 g/mol. The maximum Gasteiger partial charge on any atom is 0.122 e. The highest BCUT2D eigenvalue weighted by Crippen LogP contribution is 2.24. The molecule has 0 saturated heterocycles. The zero-order valence-corrected chi connectivity index (χ0v) is 14.2. The third-order valence-electron chi connectivity index (χ3n) is 3.68. The van der Waals surface area contributed by atoms with Crippen molar-refractivity contribution in [2.45, 2.75) is 47.2 Å². The molecule has 1 unspecified atom stereocenters. The number of halogens is 1. The van der Waals surface area contributed by atoms with Crippen molar-refractivity contribution in [1.29, 1.82) is 0 Å². The molecule has 0 aliphatic rings. The van der Waals surface area contributed by atoms with Crippen molar-refractivity contribution in [3.63, 3.8) is 0 Å². The van der Waals surface area contributed by atoms with Gasteiger partial charge in [0, 0.05) is 18.9 Å². The van der Waals surface area contributed by atoms with E-state index in [0.29, 0.717) is 5.92 Å². The molecular formula is C19H28FN. The number of anilines is 1. The van der Waals surface area contributed by atoms with Crippen LogP contribution in [0.15, 0.2) is 47.7 Å². The Morgan fingerprint density at radius 1 is 1.19 bits per heavy atom. The fraction of sp³-hybridized carbons (Fsp3) is 0.474. The van der Waals surface area contributed by atoms with E-state index >= 15 is 0 Å². The van der Waals surface area contributed by atoms with Gasteiger partial charge in [0.2, 0.25) is 0 Å². The molecule has 0 aromatic heterocycles. The van der Waals surface area contributed by atoms with E-state index in [2.05, 4.69) is 44.9 Å². The van der Waals surface area contributed by atoms with E-state index in [1.807, 2.05) is 31.3 Å². The largest absolute Gasteiger partial charge is 0.351 e. The fourth-order valence-corrected chi connectivity index (χ4v) is 2.39. The highest BCUT2D eigenvalue weighted by molar-refractivity contribution is 5.51. The lowest BCUT2D eigenvalue weighted by Crippen LogP contribution is -2.12. The normalized spacial score (nSPS) is 14.5. The van der Waals surface area contributed by atoms with E-state index in [9.17, 15) is 4.39 Å². The highest BCUT2D eigenvalue weighted by Gasteiger charge is 2.08. The molecule has 0 heterocycles. The number of allylic oxidation sites excluding steroid dienone is 3. The van der Waals surface area contributed by atoms with Gasteiger partial charge in [-0.3, -0.25) is 0 Å². The summed E-state index contributed by atoms with van der Waals surface area (Å²) in [5, 5.41) is 0. The Bertz CT molecular complexity index is 495. The van der Waals surface area contributed by atoms with E-state index < -0.39 is 6.17 Å². The molecule has 0 N–H and O–H groups in total. The van der Waals surface area contributed by atoms with Crippen LogP contribution in [0.25, 0.3) is 0 Å². The van der Waals surface area contributed by atoms with Gasteiger partial charge in [0.15, 0.2) is 0 Å². The van der Waals surface area contributed by atoms with Crippen LogP contribution in [0.5, 0.6) is 0 Å². The van der Waals surface area contributed by atoms with Crippen LogP contribution in [0.4, 0.5) is 10.1 Å². The lowest BCUT2D eigenvalue weighted by Gasteiger charge is -2.20. The summed E-state index contributed by atoms with van der Waals surface area (Å²) in [5.74, 6) is 0.473. The number of hydrogen-bond acceptors (Lipinski definition) is 1. The predicted octanol–water partition coefficient (Wildman–Crippen LogP) is 6.05. The van der Waals surface area contributed by atoms with E-state index in [1.54, 1.807) is 6.92 Å². The second kappa shape index (κ2) is 8.02. The fourth-order valence-electron chi connectivity index (χ4n) is 2.39. The van der Waals surface area contributed by atoms with E-state index in [-0.39, 0.29) is 0 Å². The van der Waals surface area contributed by atoms with Crippen LogP contribution in [-0.4, -0.2) is 7.05 Å². The van der Waals surface area contributed by atoms with Gasteiger partial charge in [-0.1, -0.05) is 44.6 Å². The van der Waals surface area contributed by atoms with E-state index in [4.69, 9.17) is 0 Å². The molecule has 0 aliphatic heterocycles. The second-order valence-electron chi connectivity index (χ2n) is 5.85. The molecule has 21 heavy (non-hydrogen) atoms. The summed E-state index contributed by atoms with van der Waals surface area (Å²) in [6.07, 6.45) is 4.57. The summed E-state index contributed by atoms with van der Waals surface area (Å²) >= 11 is 0. The zero-order valence-electron chi connectivity index (χ0n) is 14.2. The van der Waals surface area contributed by atoms with Crippen LogP contribution < -0.4 is 4.90 Å². The summed E-state index contributed by atoms with van der Waals surface area (Å²) in [6, 6.07) is 7.65. The van der Waals surface area contributed by atoms with Crippen LogP contribution in [0.2, 0.25) is 0 Å². The summed E-state index contributed by atoms with van der Waals surface area (Å²) in [6.45, 7) is 10.3. The molecule has 1 aromatic carbocycles. The average molecular weight is 289 g/mol. The maximum absolute atomic E-state index is 13.2. The first kappa shape index (κ1) is 17.5. The predicted molar refractivity (Wildman–Crippen MR) is 91.3 cm³/mol. The molecule has 2 heteroatoms. The molecular weight excluding hydrogens is 261 g/mol. The van der Waals surface area contributed by atoms with Gasteiger partial charge in [0.1, 0.15) is 6.17 Å². The summed E-state index contributed by atoms with van der Waals surface area (Å²) in [4.78, 5) is 2.11. The molecule has 0 fully saturated rings. The van der Waals surface area contributed by atoms with Crippen LogP contribution in [0.1, 0.15) is 52.8 Å². The summed E-state index contributed by atoms with van der Waals surface area (Å²) in [5.41, 5.74) is 4.46. The van der Waals surface area contributed by atoms with Gasteiger partial charge in [0.05, 0.1) is 0 Å². The lowest BCUT2D eigenvalue weighted by molar-refractivity contribution is 0.374. The molecule has 0 radical (unpaired) electrons. The standard InChI is InChI=1S/C19H28FN/c1-7-8-15(4)19(14(2)3)13-21(6)18-11-9-17(10-12-18)16(5)20/h8-14,16H,7H2,1-6H3/b15-8-,19-13-. The molecule has 1 rings (SSSR count). The van der Waals surface area contributed by atoms with Crippen molar-refractivity contribution in [3.05, 3.63) is 53.3 Å². The summed E-state index contributed by atoms with van der Waals surface area (Å²) in [7, 11) is 2.04. The maximum atomic E-state index is 13.2. The first-order valence-corrected chi connectivity index (χ1v) is 7.72. The van der Waals surface area contributed by atoms with Crippen molar-refractivity contribution in [2.75, 3.05) is 11.9 Å². The van der Waals surface area contributed by atoms with Gasteiger partial charge in [-0.15, -0.1) is 0 Å². The van der Waals surface area contributed by atoms with Gasteiger partial charge >= 0.3 is 0 Å². The third-order valence-corrected chi connectivity index (χ3v) is 3.68. The molecule has 0 spiro atoms. The molecule has 0 aliphatic carbocycles. The minimum Gasteiger partial charge on any atom is -0.351 e. The Morgan fingerprint density at radius 2 is 1.76 bits per heavy atom. The molecule has 0 amide bonds. The van der Waals surface area contributed by atoms with Gasteiger partial charge in [0.25, 0.3) is 0 Å². The quantitative estimate of drug-likeness (QED) is 0.576. The number of hydrogen-bond donors (Lipinski definition) is 0. The molecule has 116 valence electrons. The van der Waals surface area contributed by atoms with Gasteiger partial charge in [-0.2, -0.15) is 0 Å². The Hall–Kier alpha value is -1.57. The van der Waals surface area contributed by atoms with Crippen LogP contribution in [0, 0.1) is 5.92 Å². The van der Waals surface area contributed by atoms with E-state index in [1.165, 1.54) is 11.1 Å². The number of nitrogens with zero attached hydrogens (tertiary/aromatic N) is 1. The molecule has 0 saturated carbocycles. The number of rotatable bonds is 6. The minimum absolute atomic E-state index is 0.473. The van der Waals surface area contributed by atoms with Gasteiger partial charge in [-0.05, 0) is 49.5 Å². The van der Waals surface area contributed by atoms with Crippen molar-refractivity contribution < 1.29 is 4.39 Å². The topological polar surface area (TPSA) is 3.24 Å². The van der Waals surface area contributed by atoms with Gasteiger partial charge < -0.3 is 4.90 Å². The minimum atomic E-state index is -0.916. The van der Waals surface area contributed by atoms with Gasteiger partial charge in [-0.25, -0.2) is 4.39 Å². The lowest BCUT2D eigenvalue weighted by atomic mass is 9.96. The van der Waals surface area contributed by atoms with Crippen LogP contribution >= 0.6 is 0 Å². The second-order valence-corrected chi connectivity index (χ2v) is 5.85. The Labute approximate surface area is 129 Å². The number of alkyl halides is 1. The van der Waals surface area contributed by atoms with Crippen LogP contribution in [-0.2, 0) is 0 Å². The third kappa shape index (κ3) is 5.04. The molecule has 1 nitrogen and oxygen atoms in total. The Balaban J connectivity index is 3.02. The summed E-state index contributed by atoms with van der Waals surface area (Å²) < 4.78 is 13.2. The SMILES string of the molecule is CC/C=C(C)\C(=C/N(C)c1ccc(C(C)F)cc1)C(C)C. The average Bonchev–Trinajstić information content (AvgIpc) is 2.44. The van der Waals surface area contributed by atoms with Crippen molar-refractivity contribution >= 4 is 5.69 Å². The van der Waals surface area contributed by atoms with E-state index in [0.717, 1.165) is 17.7 Å². The first-order chi connectivity index (χ1) is 9.86. The first-order valence-electron chi connectivity index (χ1n) is 7.72. The molecule has 1 atom stereocenters. The Morgan fingerprint density at radius 3 is 2.19 bits per heavy atom. The number of benzene rings is 1. The van der Waals surface area contributed by atoms with Crippen molar-refractivity contribution in [2.24, 2.45) is 5.92 Å². The smallest absolute Gasteiger partial charge is 0.122 e.